The molecule has 2 aromatic carbocycles. The Labute approximate surface area is 144 Å². The van der Waals surface area contributed by atoms with Crippen LogP contribution in [-0.4, -0.2) is 11.7 Å². The zero-order valence-corrected chi connectivity index (χ0v) is 14.3. The van der Waals surface area contributed by atoms with Gasteiger partial charge < -0.3 is 5.32 Å². The van der Waals surface area contributed by atoms with Crippen LogP contribution >= 0.6 is 27.7 Å². The van der Waals surface area contributed by atoms with Crippen LogP contribution < -0.4 is 5.32 Å². The second kappa shape index (κ2) is 7.88. The van der Waals surface area contributed by atoms with Gasteiger partial charge in [-0.15, -0.1) is 11.8 Å². The van der Waals surface area contributed by atoms with Crippen molar-refractivity contribution in [2.45, 2.75) is 11.9 Å². The molecule has 2 nitrogen and oxygen atoms in total. The Balaban J connectivity index is 1.82. The summed E-state index contributed by atoms with van der Waals surface area (Å²) in [5.74, 6) is 0.645. The molecule has 0 heterocycles. The summed E-state index contributed by atoms with van der Waals surface area (Å²) in [6.07, 6.45) is -4.37. The first-order valence-corrected chi connectivity index (χ1v) is 8.59. The molecule has 0 saturated carbocycles. The lowest BCUT2D eigenvalue weighted by atomic mass is 10.2. The molecular formula is C16H13BrF3NOS. The largest absolute Gasteiger partial charge is 0.416 e. The zero-order chi connectivity index (χ0) is 16.9. The van der Waals surface area contributed by atoms with Crippen LogP contribution in [0.15, 0.2) is 53.0 Å². The van der Waals surface area contributed by atoms with Crippen molar-refractivity contribution in [1.29, 1.82) is 0 Å². The Bertz CT molecular complexity index is 674. The summed E-state index contributed by atoms with van der Waals surface area (Å²) in [5.41, 5.74) is 0.697. The average molecular weight is 404 g/mol. The van der Waals surface area contributed by atoms with E-state index in [0.717, 1.165) is 22.2 Å². The van der Waals surface area contributed by atoms with Crippen molar-refractivity contribution in [3.63, 3.8) is 0 Å². The van der Waals surface area contributed by atoms with Gasteiger partial charge in [-0.3, -0.25) is 4.79 Å². The second-order valence-corrected chi connectivity index (χ2v) is 6.55. The van der Waals surface area contributed by atoms with Crippen LogP contribution in [0.2, 0.25) is 0 Å². The highest BCUT2D eigenvalue weighted by atomic mass is 79.9. The summed E-state index contributed by atoms with van der Waals surface area (Å²) >= 11 is 4.87. The first-order valence-electron chi connectivity index (χ1n) is 6.64. The number of anilines is 1. The van der Waals surface area contributed by atoms with Gasteiger partial charge in [-0.1, -0.05) is 34.1 Å². The number of amides is 1. The van der Waals surface area contributed by atoms with Crippen LogP contribution in [0.3, 0.4) is 0 Å². The van der Waals surface area contributed by atoms with Gasteiger partial charge in [0.05, 0.1) is 11.3 Å². The van der Waals surface area contributed by atoms with E-state index >= 15 is 0 Å². The van der Waals surface area contributed by atoms with E-state index in [1.807, 2.05) is 24.3 Å². The van der Waals surface area contributed by atoms with Crippen molar-refractivity contribution in [2.24, 2.45) is 0 Å². The molecule has 0 aliphatic heterocycles. The number of thioether (sulfide) groups is 1. The molecule has 0 fully saturated rings. The monoisotopic (exact) mass is 403 g/mol. The van der Waals surface area contributed by atoms with Crippen molar-refractivity contribution in [3.05, 3.63) is 64.1 Å². The predicted molar refractivity (Wildman–Crippen MR) is 90.4 cm³/mol. The van der Waals surface area contributed by atoms with Crippen LogP contribution in [0.4, 0.5) is 18.9 Å². The number of carbonyl (C=O) groups is 1. The van der Waals surface area contributed by atoms with Gasteiger partial charge in [0.2, 0.25) is 5.91 Å². The Morgan fingerprint density at radius 3 is 2.35 bits per heavy atom. The van der Waals surface area contributed by atoms with E-state index < -0.39 is 11.7 Å². The zero-order valence-electron chi connectivity index (χ0n) is 11.9. The lowest BCUT2D eigenvalue weighted by Gasteiger charge is -2.09. The standard InChI is InChI=1S/C16H13BrF3NOS/c17-14-4-2-1-3-11(14)9-23-10-15(22)21-13-7-5-12(6-8-13)16(18,19)20/h1-8H,9-10H2,(H,21,22). The number of alkyl halides is 3. The summed E-state index contributed by atoms with van der Waals surface area (Å²) in [5, 5.41) is 2.58. The molecular weight excluding hydrogens is 391 g/mol. The molecule has 0 aliphatic carbocycles. The second-order valence-electron chi connectivity index (χ2n) is 4.71. The summed E-state index contributed by atoms with van der Waals surface area (Å²) < 4.78 is 38.3. The van der Waals surface area contributed by atoms with Crippen molar-refractivity contribution in [2.75, 3.05) is 11.1 Å². The van der Waals surface area contributed by atoms with E-state index in [4.69, 9.17) is 0 Å². The molecule has 0 radical (unpaired) electrons. The minimum atomic E-state index is -4.37. The van der Waals surface area contributed by atoms with Gasteiger partial charge in [-0.05, 0) is 35.9 Å². The highest BCUT2D eigenvalue weighted by molar-refractivity contribution is 9.10. The third-order valence-electron chi connectivity index (χ3n) is 2.94. The number of carbonyl (C=O) groups excluding carboxylic acids is 1. The maximum atomic E-state index is 12.4. The first-order chi connectivity index (χ1) is 10.9. The third-order valence-corrected chi connectivity index (χ3v) is 4.70. The molecule has 122 valence electrons. The smallest absolute Gasteiger partial charge is 0.325 e. The Morgan fingerprint density at radius 1 is 1.09 bits per heavy atom. The van der Waals surface area contributed by atoms with Gasteiger partial charge in [0, 0.05) is 15.9 Å². The molecule has 0 aromatic heterocycles. The minimum Gasteiger partial charge on any atom is -0.325 e. The SMILES string of the molecule is O=C(CSCc1ccccc1Br)Nc1ccc(C(F)(F)F)cc1. The highest BCUT2D eigenvalue weighted by Crippen LogP contribution is 2.29. The molecule has 1 N–H and O–H groups in total. The number of halogens is 4. The fourth-order valence-electron chi connectivity index (χ4n) is 1.81. The number of rotatable bonds is 5. The van der Waals surface area contributed by atoms with E-state index in [0.29, 0.717) is 11.4 Å². The molecule has 0 unspecified atom stereocenters. The molecule has 0 atom stereocenters. The predicted octanol–water partition coefficient (Wildman–Crippen LogP) is 5.34. The summed E-state index contributed by atoms with van der Waals surface area (Å²) in [6, 6.07) is 12.1. The van der Waals surface area contributed by atoms with Gasteiger partial charge in [0.1, 0.15) is 0 Å². The van der Waals surface area contributed by atoms with Gasteiger partial charge in [0.15, 0.2) is 0 Å². The maximum Gasteiger partial charge on any atom is 0.416 e. The summed E-state index contributed by atoms with van der Waals surface area (Å²) in [4.78, 5) is 11.8. The number of benzene rings is 2. The van der Waals surface area contributed by atoms with E-state index in [9.17, 15) is 18.0 Å². The lowest BCUT2D eigenvalue weighted by Crippen LogP contribution is -2.14. The third kappa shape index (κ3) is 5.58. The molecule has 2 aromatic rings. The first kappa shape index (κ1) is 17.9. The molecule has 0 spiro atoms. The molecule has 23 heavy (non-hydrogen) atoms. The fraction of sp³-hybridized carbons (Fsp3) is 0.188. The lowest BCUT2D eigenvalue weighted by molar-refractivity contribution is -0.137. The average Bonchev–Trinajstić information content (AvgIpc) is 2.49. The molecule has 0 aliphatic rings. The van der Waals surface area contributed by atoms with E-state index in [1.165, 1.54) is 23.9 Å². The van der Waals surface area contributed by atoms with Gasteiger partial charge in [-0.25, -0.2) is 0 Å². The topological polar surface area (TPSA) is 29.1 Å². The van der Waals surface area contributed by atoms with Crippen molar-refractivity contribution >= 4 is 39.3 Å². The van der Waals surface area contributed by atoms with Crippen molar-refractivity contribution in [1.82, 2.24) is 0 Å². The van der Waals surface area contributed by atoms with Gasteiger partial charge in [0.25, 0.3) is 0 Å². The van der Waals surface area contributed by atoms with Crippen LogP contribution in [-0.2, 0) is 16.7 Å². The molecule has 0 bridgehead atoms. The molecule has 1 amide bonds. The van der Waals surface area contributed by atoms with E-state index in [-0.39, 0.29) is 11.7 Å². The van der Waals surface area contributed by atoms with Crippen LogP contribution in [0.25, 0.3) is 0 Å². The highest BCUT2D eigenvalue weighted by Gasteiger charge is 2.29. The quantitative estimate of drug-likeness (QED) is 0.729. The van der Waals surface area contributed by atoms with E-state index in [2.05, 4.69) is 21.2 Å². The van der Waals surface area contributed by atoms with E-state index in [1.54, 1.807) is 0 Å². The fourth-order valence-corrected chi connectivity index (χ4v) is 3.25. The Kier molecular flexibility index (Phi) is 6.12. The number of nitrogens with one attached hydrogen (secondary N) is 1. The Morgan fingerprint density at radius 2 is 1.74 bits per heavy atom. The number of hydrogen-bond acceptors (Lipinski definition) is 2. The van der Waals surface area contributed by atoms with Crippen LogP contribution in [0.5, 0.6) is 0 Å². The number of hydrogen-bond donors (Lipinski definition) is 1. The van der Waals surface area contributed by atoms with Crippen molar-refractivity contribution < 1.29 is 18.0 Å². The van der Waals surface area contributed by atoms with Crippen molar-refractivity contribution in [3.8, 4) is 0 Å². The molecule has 7 heteroatoms. The molecule has 2 rings (SSSR count). The Hall–Kier alpha value is -1.47. The summed E-state index contributed by atoms with van der Waals surface area (Å²) in [6.45, 7) is 0. The normalized spacial score (nSPS) is 11.3. The minimum absolute atomic E-state index is 0.225. The summed E-state index contributed by atoms with van der Waals surface area (Å²) in [7, 11) is 0. The molecule has 0 saturated heterocycles. The van der Waals surface area contributed by atoms with Crippen LogP contribution in [0.1, 0.15) is 11.1 Å². The maximum absolute atomic E-state index is 12.4. The van der Waals surface area contributed by atoms with Crippen LogP contribution in [0, 0.1) is 0 Å². The van der Waals surface area contributed by atoms with Gasteiger partial charge in [-0.2, -0.15) is 13.2 Å². The van der Waals surface area contributed by atoms with Gasteiger partial charge >= 0.3 is 6.18 Å².